The molecule has 0 saturated heterocycles. The summed E-state index contributed by atoms with van der Waals surface area (Å²) in [5.74, 6) is 0.267. The molecule has 0 fully saturated rings. The number of carbonyl (C=O) groups excluding carboxylic acids is 1. The highest BCUT2D eigenvalue weighted by Gasteiger charge is 2.20. The molecular weight excluding hydrogens is 284 g/mol. The molecule has 2 aromatic heterocycles. The number of fused-ring (bicyclic) bond motifs is 2. The van der Waals surface area contributed by atoms with Crippen LogP contribution in [0.15, 0.2) is 60.9 Å². The van der Waals surface area contributed by atoms with E-state index in [9.17, 15) is 4.79 Å². The van der Waals surface area contributed by atoms with E-state index in [1.165, 1.54) is 21.9 Å². The van der Waals surface area contributed by atoms with Gasteiger partial charge in [-0.1, -0.05) is 30.3 Å². The average molecular weight is 302 g/mol. The Balaban J connectivity index is 1.87. The van der Waals surface area contributed by atoms with Gasteiger partial charge in [0, 0.05) is 41.2 Å². The summed E-state index contributed by atoms with van der Waals surface area (Å²) in [6.07, 6.45) is 4.49. The summed E-state index contributed by atoms with van der Waals surface area (Å²) in [7, 11) is 0. The Morgan fingerprint density at radius 2 is 1.91 bits per heavy atom. The lowest BCUT2D eigenvalue weighted by atomic mass is 9.87. The Hall–Kier alpha value is -2.81. The highest BCUT2D eigenvalue weighted by atomic mass is 16.1. The van der Waals surface area contributed by atoms with Gasteiger partial charge < -0.3 is 9.97 Å². The van der Waals surface area contributed by atoms with E-state index in [-0.39, 0.29) is 11.7 Å². The molecule has 114 valence electrons. The predicted molar refractivity (Wildman–Crippen MR) is 93.7 cm³/mol. The number of aromatic nitrogens is 2. The number of hydrogen-bond acceptors (Lipinski definition) is 1. The van der Waals surface area contributed by atoms with Gasteiger partial charge in [0.05, 0.1) is 0 Å². The van der Waals surface area contributed by atoms with E-state index in [0.29, 0.717) is 6.42 Å². The lowest BCUT2D eigenvalue weighted by Crippen LogP contribution is -2.06. The molecule has 2 aromatic carbocycles. The first-order valence-electron chi connectivity index (χ1n) is 7.85. The SMILES string of the molecule is CC(=O)C[C@H](c1ccc2cc[nH]c2c1)c1c[nH]c2ccccc12. The summed E-state index contributed by atoms with van der Waals surface area (Å²) in [5, 5.41) is 2.37. The maximum Gasteiger partial charge on any atom is 0.130 e. The molecule has 4 aromatic rings. The van der Waals surface area contributed by atoms with Crippen molar-refractivity contribution >= 4 is 27.6 Å². The maximum absolute atomic E-state index is 11.9. The van der Waals surface area contributed by atoms with Crippen LogP contribution in [0.3, 0.4) is 0 Å². The van der Waals surface area contributed by atoms with Crippen molar-refractivity contribution in [3.05, 3.63) is 72.1 Å². The van der Waals surface area contributed by atoms with Crippen LogP contribution < -0.4 is 0 Å². The Morgan fingerprint density at radius 3 is 2.78 bits per heavy atom. The number of benzene rings is 2. The van der Waals surface area contributed by atoms with Gasteiger partial charge in [-0.25, -0.2) is 0 Å². The predicted octanol–water partition coefficient (Wildman–Crippen LogP) is 4.76. The van der Waals surface area contributed by atoms with Crippen molar-refractivity contribution in [2.75, 3.05) is 0 Å². The Morgan fingerprint density at radius 1 is 1.04 bits per heavy atom. The highest BCUT2D eigenvalue weighted by molar-refractivity contribution is 5.87. The molecule has 0 aliphatic heterocycles. The van der Waals surface area contributed by atoms with E-state index in [0.717, 1.165) is 11.0 Å². The van der Waals surface area contributed by atoms with Gasteiger partial charge in [-0.3, -0.25) is 4.79 Å². The third-order valence-corrected chi connectivity index (χ3v) is 4.47. The number of Topliss-reactive ketones (excluding diaryl/α,β-unsaturated/α-hetero) is 1. The molecular formula is C20H18N2O. The molecule has 0 radical (unpaired) electrons. The fourth-order valence-electron chi connectivity index (χ4n) is 3.36. The van der Waals surface area contributed by atoms with Gasteiger partial charge in [0.25, 0.3) is 0 Å². The molecule has 23 heavy (non-hydrogen) atoms. The molecule has 3 heteroatoms. The number of para-hydroxylation sites is 1. The normalized spacial score (nSPS) is 12.7. The summed E-state index contributed by atoms with van der Waals surface area (Å²) in [6.45, 7) is 1.66. The molecule has 4 rings (SSSR count). The Kier molecular flexibility index (Phi) is 3.27. The standard InChI is InChI=1S/C20H18N2O/c1-13(23)10-17(15-7-6-14-8-9-21-20(14)11-15)18-12-22-19-5-3-2-4-16(18)19/h2-9,11-12,17,21-22H,10H2,1H3/t17-/m1/s1. The number of carbonyl (C=O) groups is 1. The Bertz CT molecular complexity index is 993. The number of H-pyrrole nitrogens is 2. The third-order valence-electron chi connectivity index (χ3n) is 4.47. The van der Waals surface area contributed by atoms with Crippen LogP contribution in [0.5, 0.6) is 0 Å². The van der Waals surface area contributed by atoms with E-state index in [2.05, 4.69) is 46.4 Å². The number of aromatic amines is 2. The lowest BCUT2D eigenvalue weighted by molar-refractivity contribution is -0.117. The number of hydrogen-bond donors (Lipinski definition) is 2. The molecule has 0 amide bonds. The Labute approximate surface area is 134 Å². The monoisotopic (exact) mass is 302 g/mol. The minimum absolute atomic E-state index is 0.0661. The molecule has 0 aliphatic rings. The summed E-state index contributed by atoms with van der Waals surface area (Å²) in [6, 6.07) is 16.7. The lowest BCUT2D eigenvalue weighted by Gasteiger charge is -2.16. The van der Waals surface area contributed by atoms with Gasteiger partial charge in [-0.2, -0.15) is 0 Å². The van der Waals surface area contributed by atoms with E-state index < -0.39 is 0 Å². The fraction of sp³-hybridized carbons (Fsp3) is 0.150. The van der Waals surface area contributed by atoms with Crippen molar-refractivity contribution in [3.63, 3.8) is 0 Å². The second-order valence-electron chi connectivity index (χ2n) is 6.07. The summed E-state index contributed by atoms with van der Waals surface area (Å²) >= 11 is 0. The van der Waals surface area contributed by atoms with Gasteiger partial charge in [-0.15, -0.1) is 0 Å². The van der Waals surface area contributed by atoms with Crippen molar-refractivity contribution in [3.8, 4) is 0 Å². The van der Waals surface area contributed by atoms with Gasteiger partial charge in [0.2, 0.25) is 0 Å². The zero-order valence-electron chi connectivity index (χ0n) is 13.0. The molecule has 0 saturated carbocycles. The van der Waals surface area contributed by atoms with Crippen LogP contribution >= 0.6 is 0 Å². The summed E-state index contributed by atoms with van der Waals surface area (Å²) in [4.78, 5) is 18.4. The number of nitrogens with one attached hydrogen (secondary N) is 2. The summed E-state index contributed by atoms with van der Waals surface area (Å²) in [5.41, 5.74) is 4.56. The van der Waals surface area contributed by atoms with E-state index in [1.54, 1.807) is 6.92 Å². The largest absolute Gasteiger partial charge is 0.361 e. The van der Waals surface area contributed by atoms with Crippen molar-refractivity contribution in [1.29, 1.82) is 0 Å². The van der Waals surface area contributed by atoms with Crippen LogP contribution in [-0.4, -0.2) is 15.8 Å². The van der Waals surface area contributed by atoms with Crippen LogP contribution in [0.25, 0.3) is 21.8 Å². The summed E-state index contributed by atoms with van der Waals surface area (Å²) < 4.78 is 0. The van der Waals surface area contributed by atoms with Crippen molar-refractivity contribution in [2.45, 2.75) is 19.3 Å². The third kappa shape index (κ3) is 2.44. The van der Waals surface area contributed by atoms with Crippen LogP contribution in [-0.2, 0) is 4.79 Å². The van der Waals surface area contributed by atoms with Crippen molar-refractivity contribution in [1.82, 2.24) is 9.97 Å². The first-order chi connectivity index (χ1) is 11.2. The van der Waals surface area contributed by atoms with E-state index >= 15 is 0 Å². The number of rotatable bonds is 4. The van der Waals surface area contributed by atoms with Gasteiger partial charge in [0.1, 0.15) is 5.78 Å². The average Bonchev–Trinajstić information content (AvgIpc) is 3.18. The van der Waals surface area contributed by atoms with Crippen LogP contribution in [0, 0.1) is 0 Å². The fourth-order valence-corrected chi connectivity index (χ4v) is 3.36. The van der Waals surface area contributed by atoms with E-state index in [1.807, 2.05) is 24.5 Å². The zero-order chi connectivity index (χ0) is 15.8. The molecule has 1 atom stereocenters. The maximum atomic E-state index is 11.9. The molecule has 0 aliphatic carbocycles. The van der Waals surface area contributed by atoms with E-state index in [4.69, 9.17) is 0 Å². The second kappa shape index (κ2) is 5.43. The minimum Gasteiger partial charge on any atom is -0.361 e. The van der Waals surface area contributed by atoms with Crippen LogP contribution in [0.1, 0.15) is 30.4 Å². The van der Waals surface area contributed by atoms with Crippen LogP contribution in [0.4, 0.5) is 0 Å². The first-order valence-corrected chi connectivity index (χ1v) is 7.85. The van der Waals surface area contributed by atoms with Crippen molar-refractivity contribution in [2.24, 2.45) is 0 Å². The molecule has 0 unspecified atom stereocenters. The number of ketones is 1. The molecule has 3 nitrogen and oxygen atoms in total. The first kappa shape index (κ1) is 13.8. The molecule has 0 bridgehead atoms. The smallest absolute Gasteiger partial charge is 0.130 e. The van der Waals surface area contributed by atoms with Gasteiger partial charge in [0.15, 0.2) is 0 Å². The zero-order valence-corrected chi connectivity index (χ0v) is 13.0. The van der Waals surface area contributed by atoms with Gasteiger partial charge >= 0.3 is 0 Å². The van der Waals surface area contributed by atoms with Crippen LogP contribution in [0.2, 0.25) is 0 Å². The second-order valence-corrected chi connectivity index (χ2v) is 6.07. The highest BCUT2D eigenvalue weighted by Crippen LogP contribution is 2.34. The quantitative estimate of drug-likeness (QED) is 0.561. The topological polar surface area (TPSA) is 48.6 Å². The molecule has 2 heterocycles. The molecule has 0 spiro atoms. The van der Waals surface area contributed by atoms with Gasteiger partial charge in [-0.05, 0) is 41.6 Å². The molecule has 2 N–H and O–H groups in total. The minimum atomic E-state index is 0.0661. The van der Waals surface area contributed by atoms with Crippen molar-refractivity contribution < 1.29 is 4.79 Å².